The number of hydrogen-bond acceptors (Lipinski definition) is 6. The molecule has 0 bridgehead atoms. The van der Waals surface area contributed by atoms with E-state index in [1.165, 1.54) is 26.4 Å². The molecule has 156 valence electrons. The molecule has 2 aromatic carbocycles. The Morgan fingerprint density at radius 2 is 1.69 bits per heavy atom. The number of benzene rings is 2. The summed E-state index contributed by atoms with van der Waals surface area (Å²) in [6.45, 7) is 4.01. The molecule has 9 heteroatoms. The number of carbonyl (C=O) groups excluding carboxylic acids is 2. The molecule has 0 unspecified atom stereocenters. The summed E-state index contributed by atoms with van der Waals surface area (Å²) in [7, 11) is 2.87. The maximum absolute atomic E-state index is 12.3. The number of carbonyl (C=O) groups is 2. The van der Waals surface area contributed by atoms with Crippen LogP contribution in [0.5, 0.6) is 23.0 Å². The van der Waals surface area contributed by atoms with E-state index in [4.69, 9.17) is 30.5 Å². The van der Waals surface area contributed by atoms with Gasteiger partial charge >= 0.3 is 0 Å². The zero-order valence-corrected chi connectivity index (χ0v) is 17.3. The van der Waals surface area contributed by atoms with Gasteiger partial charge in [-0.1, -0.05) is 11.6 Å². The van der Waals surface area contributed by atoms with Gasteiger partial charge in [0.1, 0.15) is 11.5 Å². The molecule has 2 amide bonds. The summed E-state index contributed by atoms with van der Waals surface area (Å²) in [6.07, 6.45) is -0.845. The smallest absolute Gasteiger partial charge is 0.279 e. The van der Waals surface area contributed by atoms with Crippen molar-refractivity contribution in [3.8, 4) is 23.0 Å². The lowest BCUT2D eigenvalue weighted by molar-refractivity contribution is -0.128. The quantitative estimate of drug-likeness (QED) is 0.635. The third-order valence-corrected chi connectivity index (χ3v) is 4.09. The third kappa shape index (κ3) is 5.92. The van der Waals surface area contributed by atoms with E-state index in [0.717, 1.165) is 0 Å². The van der Waals surface area contributed by atoms with E-state index in [9.17, 15) is 9.59 Å². The highest BCUT2D eigenvalue weighted by molar-refractivity contribution is 6.32. The molecule has 2 aromatic rings. The minimum absolute atomic E-state index is 0.188. The van der Waals surface area contributed by atoms with Crippen LogP contribution in [0.15, 0.2) is 36.4 Å². The lowest BCUT2D eigenvalue weighted by Crippen LogP contribution is -2.47. The zero-order chi connectivity index (χ0) is 21.4. The van der Waals surface area contributed by atoms with Gasteiger partial charge in [-0.2, -0.15) is 0 Å². The Morgan fingerprint density at radius 3 is 2.28 bits per heavy atom. The predicted molar refractivity (Wildman–Crippen MR) is 108 cm³/mol. The van der Waals surface area contributed by atoms with E-state index in [0.29, 0.717) is 29.6 Å². The summed E-state index contributed by atoms with van der Waals surface area (Å²) in [4.78, 5) is 24.5. The highest BCUT2D eigenvalue weighted by atomic mass is 35.5. The van der Waals surface area contributed by atoms with Crippen molar-refractivity contribution >= 4 is 23.4 Å². The van der Waals surface area contributed by atoms with Crippen molar-refractivity contribution in [2.45, 2.75) is 20.0 Å². The molecule has 0 radical (unpaired) electrons. The molecular formula is C20H23ClN2O6. The normalized spacial score (nSPS) is 11.2. The molecule has 0 heterocycles. The minimum Gasteiger partial charge on any atom is -0.494 e. The van der Waals surface area contributed by atoms with Crippen LogP contribution in [0.4, 0.5) is 0 Å². The van der Waals surface area contributed by atoms with Gasteiger partial charge in [0.25, 0.3) is 11.8 Å². The molecule has 0 saturated carbocycles. The Balaban J connectivity index is 1.94. The molecule has 0 aliphatic rings. The van der Waals surface area contributed by atoms with Crippen molar-refractivity contribution < 1.29 is 28.5 Å². The summed E-state index contributed by atoms with van der Waals surface area (Å²) >= 11 is 6.09. The molecule has 0 spiro atoms. The van der Waals surface area contributed by atoms with Gasteiger partial charge in [0.2, 0.25) is 0 Å². The van der Waals surface area contributed by atoms with Gasteiger partial charge in [0, 0.05) is 5.56 Å². The number of halogens is 1. The fourth-order valence-electron chi connectivity index (χ4n) is 2.38. The molecule has 2 rings (SSSR count). The SMILES string of the molecule is CCOc1ccc(O[C@H](C)C(=O)NNC(=O)c2cc(Cl)c(OC)c(OC)c2)cc1. The maximum atomic E-state index is 12.3. The third-order valence-electron chi connectivity index (χ3n) is 3.81. The van der Waals surface area contributed by atoms with Crippen LogP contribution in [-0.2, 0) is 4.79 Å². The Bertz CT molecular complexity index is 857. The van der Waals surface area contributed by atoms with E-state index in [2.05, 4.69) is 10.9 Å². The summed E-state index contributed by atoms with van der Waals surface area (Å²) in [5.41, 5.74) is 4.82. The molecule has 2 N–H and O–H groups in total. The first kappa shape index (κ1) is 22.2. The van der Waals surface area contributed by atoms with Crippen LogP contribution in [0.2, 0.25) is 5.02 Å². The number of rotatable bonds is 8. The lowest BCUT2D eigenvalue weighted by atomic mass is 10.2. The van der Waals surface area contributed by atoms with Gasteiger partial charge in [-0.25, -0.2) is 0 Å². The van der Waals surface area contributed by atoms with Crippen molar-refractivity contribution in [1.29, 1.82) is 0 Å². The molecule has 0 aliphatic heterocycles. The number of amides is 2. The minimum atomic E-state index is -0.845. The molecule has 0 aliphatic carbocycles. The topological polar surface area (TPSA) is 95.1 Å². The number of methoxy groups -OCH3 is 2. The van der Waals surface area contributed by atoms with Crippen LogP contribution in [0.3, 0.4) is 0 Å². The maximum Gasteiger partial charge on any atom is 0.279 e. The number of hydrazine groups is 1. The Hall–Kier alpha value is -3.13. The van der Waals surface area contributed by atoms with E-state index < -0.39 is 17.9 Å². The highest BCUT2D eigenvalue weighted by Gasteiger charge is 2.18. The molecule has 8 nitrogen and oxygen atoms in total. The highest BCUT2D eigenvalue weighted by Crippen LogP contribution is 2.35. The van der Waals surface area contributed by atoms with Crippen LogP contribution >= 0.6 is 11.6 Å². The van der Waals surface area contributed by atoms with Crippen LogP contribution in [0.1, 0.15) is 24.2 Å². The lowest BCUT2D eigenvalue weighted by Gasteiger charge is -2.16. The summed E-state index contributed by atoms with van der Waals surface area (Å²) in [5, 5.41) is 0.204. The predicted octanol–water partition coefficient (Wildman–Crippen LogP) is 2.98. The van der Waals surface area contributed by atoms with Crippen molar-refractivity contribution in [2.75, 3.05) is 20.8 Å². The summed E-state index contributed by atoms with van der Waals surface area (Å²) in [5.74, 6) is 0.705. The summed E-state index contributed by atoms with van der Waals surface area (Å²) in [6, 6.07) is 9.73. The Morgan fingerprint density at radius 1 is 1.03 bits per heavy atom. The average molecular weight is 423 g/mol. The van der Waals surface area contributed by atoms with Gasteiger partial charge in [0.05, 0.1) is 25.8 Å². The molecule has 0 aromatic heterocycles. The molecule has 0 saturated heterocycles. The average Bonchev–Trinajstić information content (AvgIpc) is 2.72. The van der Waals surface area contributed by atoms with Crippen LogP contribution < -0.4 is 29.8 Å². The van der Waals surface area contributed by atoms with Crippen LogP contribution in [-0.4, -0.2) is 38.7 Å². The number of hydrogen-bond donors (Lipinski definition) is 2. The molecule has 0 fully saturated rings. The Kier molecular flexibility index (Phi) is 7.97. The molecular weight excluding hydrogens is 400 g/mol. The first-order valence-corrected chi connectivity index (χ1v) is 9.18. The fraction of sp³-hybridized carbons (Fsp3) is 0.300. The second-order valence-corrected chi connectivity index (χ2v) is 6.21. The van der Waals surface area contributed by atoms with Gasteiger partial charge in [-0.15, -0.1) is 0 Å². The van der Waals surface area contributed by atoms with Gasteiger partial charge < -0.3 is 18.9 Å². The van der Waals surface area contributed by atoms with E-state index in [1.54, 1.807) is 31.2 Å². The number of ether oxygens (including phenoxy) is 4. The van der Waals surface area contributed by atoms with E-state index in [-0.39, 0.29) is 10.6 Å². The van der Waals surface area contributed by atoms with Crippen LogP contribution in [0, 0.1) is 0 Å². The van der Waals surface area contributed by atoms with Gasteiger partial charge in [0.15, 0.2) is 17.6 Å². The molecule has 29 heavy (non-hydrogen) atoms. The van der Waals surface area contributed by atoms with E-state index >= 15 is 0 Å². The first-order chi connectivity index (χ1) is 13.9. The molecule has 1 atom stereocenters. The monoisotopic (exact) mass is 422 g/mol. The number of nitrogens with one attached hydrogen (secondary N) is 2. The Labute approximate surface area is 174 Å². The van der Waals surface area contributed by atoms with Crippen molar-refractivity contribution in [2.24, 2.45) is 0 Å². The van der Waals surface area contributed by atoms with E-state index in [1.807, 2.05) is 6.92 Å². The second-order valence-electron chi connectivity index (χ2n) is 5.80. The van der Waals surface area contributed by atoms with Crippen molar-refractivity contribution in [3.05, 3.63) is 47.0 Å². The largest absolute Gasteiger partial charge is 0.494 e. The first-order valence-electron chi connectivity index (χ1n) is 8.80. The standard InChI is InChI=1S/C20H23ClN2O6/c1-5-28-14-6-8-15(9-7-14)29-12(2)19(24)22-23-20(25)13-10-16(21)18(27-4)17(11-13)26-3/h6-12H,5H2,1-4H3,(H,22,24)(H,23,25)/t12-/m1/s1. The zero-order valence-electron chi connectivity index (χ0n) is 16.6. The summed E-state index contributed by atoms with van der Waals surface area (Å²) < 4.78 is 21.2. The van der Waals surface area contributed by atoms with Gasteiger partial charge in [-0.05, 0) is 50.2 Å². The van der Waals surface area contributed by atoms with Crippen LogP contribution in [0.25, 0.3) is 0 Å². The fourth-order valence-corrected chi connectivity index (χ4v) is 2.67. The van der Waals surface area contributed by atoms with Crippen molar-refractivity contribution in [1.82, 2.24) is 10.9 Å². The second kappa shape index (κ2) is 10.4. The van der Waals surface area contributed by atoms with Gasteiger partial charge in [-0.3, -0.25) is 20.4 Å². The van der Waals surface area contributed by atoms with Crippen molar-refractivity contribution in [3.63, 3.8) is 0 Å².